The van der Waals surface area contributed by atoms with E-state index in [9.17, 15) is 14.4 Å². The molecule has 1 aliphatic rings. The lowest BCUT2D eigenvalue weighted by Crippen LogP contribution is -2.41. The lowest BCUT2D eigenvalue weighted by atomic mass is 9.98. The van der Waals surface area contributed by atoms with Gasteiger partial charge in [0.15, 0.2) is 11.3 Å². The van der Waals surface area contributed by atoms with Crippen LogP contribution in [0.2, 0.25) is 0 Å². The van der Waals surface area contributed by atoms with Crippen molar-refractivity contribution in [3.05, 3.63) is 72.1 Å². The van der Waals surface area contributed by atoms with Crippen molar-refractivity contribution in [2.75, 3.05) is 6.54 Å². The molecule has 3 heterocycles. The number of benzene rings is 2. The zero-order valence-electron chi connectivity index (χ0n) is 17.9. The van der Waals surface area contributed by atoms with Crippen molar-refractivity contribution in [3.8, 4) is 6.07 Å². The number of carbonyl (C=O) groups excluding carboxylic acids is 3. The Bertz CT molecular complexity index is 1440. The van der Waals surface area contributed by atoms with Crippen LogP contribution in [0.5, 0.6) is 0 Å². The summed E-state index contributed by atoms with van der Waals surface area (Å²) in [6.07, 6.45) is 1.98. The third kappa shape index (κ3) is 3.26. The monoisotopic (exact) mass is 440 g/mol. The fraction of sp³-hybridized carbons (Fsp3) is 0.200. The number of aryl methyl sites for hydroxylation is 1. The maximum Gasteiger partial charge on any atom is 0.325 e. The summed E-state index contributed by atoms with van der Waals surface area (Å²) in [6, 6.07) is 17.9. The molecule has 8 nitrogen and oxygen atoms in total. The first kappa shape index (κ1) is 20.5. The molecular formula is C25H20N4O4. The van der Waals surface area contributed by atoms with Gasteiger partial charge in [-0.2, -0.15) is 5.26 Å². The van der Waals surface area contributed by atoms with Gasteiger partial charge in [0.1, 0.15) is 11.3 Å². The average Bonchev–Trinajstić information content (AvgIpc) is 3.48. The van der Waals surface area contributed by atoms with Crippen molar-refractivity contribution < 1.29 is 18.8 Å². The Morgan fingerprint density at radius 3 is 2.70 bits per heavy atom. The second kappa shape index (κ2) is 7.64. The van der Waals surface area contributed by atoms with E-state index in [1.807, 2.05) is 47.0 Å². The fourth-order valence-corrected chi connectivity index (χ4v) is 4.29. The molecule has 0 unspecified atom stereocenters. The number of Topliss-reactive ketones (excluding diaryl/α,β-unsaturated/α-hetero) is 1. The molecule has 0 aliphatic carbocycles. The van der Waals surface area contributed by atoms with Gasteiger partial charge in [0.05, 0.1) is 19.0 Å². The summed E-state index contributed by atoms with van der Waals surface area (Å²) < 4.78 is 7.68. The summed E-state index contributed by atoms with van der Waals surface area (Å²) in [4.78, 5) is 40.1. The van der Waals surface area contributed by atoms with Gasteiger partial charge in [-0.25, -0.2) is 4.79 Å². The molecule has 1 N–H and O–H groups in total. The maximum absolute atomic E-state index is 13.3. The van der Waals surface area contributed by atoms with Crippen molar-refractivity contribution in [3.63, 3.8) is 0 Å². The summed E-state index contributed by atoms with van der Waals surface area (Å²) in [6.45, 7) is 1.62. The second-order valence-electron chi connectivity index (χ2n) is 8.18. The number of imide groups is 1. The van der Waals surface area contributed by atoms with Crippen molar-refractivity contribution >= 4 is 39.6 Å². The number of nitriles is 1. The number of rotatable bonds is 6. The smallest absolute Gasteiger partial charge is 0.325 e. The number of nitrogens with zero attached hydrogens (tertiary/aromatic N) is 3. The van der Waals surface area contributed by atoms with Crippen LogP contribution in [-0.4, -0.2) is 33.7 Å². The van der Waals surface area contributed by atoms with E-state index in [4.69, 9.17) is 9.68 Å². The topological polar surface area (TPSA) is 108 Å². The van der Waals surface area contributed by atoms with Crippen molar-refractivity contribution in [2.24, 2.45) is 0 Å². The molecule has 1 saturated heterocycles. The van der Waals surface area contributed by atoms with Crippen molar-refractivity contribution in [1.82, 2.24) is 14.8 Å². The summed E-state index contributed by atoms with van der Waals surface area (Å²) in [5, 5.41) is 13.1. The highest BCUT2D eigenvalue weighted by Gasteiger charge is 2.51. The quantitative estimate of drug-likeness (QED) is 0.361. The minimum Gasteiger partial charge on any atom is -0.458 e. The van der Waals surface area contributed by atoms with Gasteiger partial charge >= 0.3 is 6.03 Å². The Morgan fingerprint density at radius 2 is 1.91 bits per heavy atom. The number of aromatic nitrogens is 1. The van der Waals surface area contributed by atoms with Crippen LogP contribution in [0.3, 0.4) is 0 Å². The van der Waals surface area contributed by atoms with Crippen LogP contribution >= 0.6 is 0 Å². The highest BCUT2D eigenvalue weighted by Crippen LogP contribution is 2.33. The standard InChI is InChI=1S/C25H20N4O4/c1-25(22-13-16-7-2-5-10-21(16)33-22)23(31)29(24(32)27-25)15-20(30)18-14-28(12-6-11-26)19-9-4-3-8-17(18)19/h2-5,7-10,13-14H,6,12,15H2,1H3,(H,27,32)/t25-/m0/s1. The van der Waals surface area contributed by atoms with Gasteiger partial charge in [-0.3, -0.25) is 14.5 Å². The number of furan rings is 1. The zero-order valence-corrected chi connectivity index (χ0v) is 17.9. The van der Waals surface area contributed by atoms with E-state index in [1.54, 1.807) is 25.3 Å². The predicted octanol–water partition coefficient (Wildman–Crippen LogP) is 3.95. The fourth-order valence-electron chi connectivity index (χ4n) is 4.29. The molecule has 1 fully saturated rings. The van der Waals surface area contributed by atoms with Crippen LogP contribution in [0.4, 0.5) is 4.79 Å². The van der Waals surface area contributed by atoms with E-state index in [0.29, 0.717) is 35.3 Å². The molecule has 8 heteroatoms. The third-order valence-electron chi connectivity index (χ3n) is 6.05. The normalized spacial score (nSPS) is 18.1. The first-order valence-corrected chi connectivity index (χ1v) is 10.5. The minimum absolute atomic E-state index is 0.301. The van der Waals surface area contributed by atoms with E-state index in [0.717, 1.165) is 15.8 Å². The Hall–Kier alpha value is -4.38. The van der Waals surface area contributed by atoms with Gasteiger partial charge in [-0.1, -0.05) is 36.4 Å². The van der Waals surface area contributed by atoms with E-state index < -0.39 is 24.0 Å². The zero-order chi connectivity index (χ0) is 23.2. The molecule has 0 saturated carbocycles. The lowest BCUT2D eigenvalue weighted by Gasteiger charge is -2.18. The molecule has 164 valence electrons. The van der Waals surface area contributed by atoms with E-state index in [-0.39, 0.29) is 5.78 Å². The predicted molar refractivity (Wildman–Crippen MR) is 120 cm³/mol. The molecule has 2 aromatic carbocycles. The number of nitrogens with one attached hydrogen (secondary N) is 1. The molecule has 2 aromatic heterocycles. The van der Waals surface area contributed by atoms with Crippen LogP contribution in [-0.2, 0) is 16.9 Å². The molecule has 3 amide bonds. The van der Waals surface area contributed by atoms with Gasteiger partial charge in [0.25, 0.3) is 5.91 Å². The average molecular weight is 440 g/mol. The van der Waals surface area contributed by atoms with Crippen LogP contribution in [0.25, 0.3) is 21.9 Å². The van der Waals surface area contributed by atoms with E-state index in [1.165, 1.54) is 0 Å². The highest BCUT2D eigenvalue weighted by molar-refractivity contribution is 6.14. The molecule has 0 spiro atoms. The Kier molecular flexibility index (Phi) is 4.75. The van der Waals surface area contributed by atoms with Gasteiger partial charge in [-0.05, 0) is 25.1 Å². The molecule has 1 atom stereocenters. The summed E-state index contributed by atoms with van der Waals surface area (Å²) in [5.74, 6) is -0.600. The number of ketones is 1. The molecule has 1 aliphatic heterocycles. The van der Waals surface area contributed by atoms with Gasteiger partial charge < -0.3 is 14.3 Å². The third-order valence-corrected chi connectivity index (χ3v) is 6.05. The molecule has 0 radical (unpaired) electrons. The number of urea groups is 1. The molecule has 33 heavy (non-hydrogen) atoms. The van der Waals surface area contributed by atoms with Crippen molar-refractivity contribution in [1.29, 1.82) is 5.26 Å². The van der Waals surface area contributed by atoms with Gasteiger partial charge in [0.2, 0.25) is 0 Å². The second-order valence-corrected chi connectivity index (χ2v) is 8.18. The first-order valence-electron chi connectivity index (χ1n) is 10.5. The SMILES string of the molecule is C[C@@]1(c2cc3ccccc3o2)NC(=O)N(CC(=O)c2cn(CCC#N)c3ccccc23)C1=O. The Balaban J connectivity index is 1.44. The van der Waals surface area contributed by atoms with E-state index >= 15 is 0 Å². The number of amides is 3. The number of carbonyl (C=O) groups is 3. The highest BCUT2D eigenvalue weighted by atomic mass is 16.3. The molecular weight excluding hydrogens is 420 g/mol. The van der Waals surface area contributed by atoms with Gasteiger partial charge in [0, 0.05) is 34.6 Å². The molecule has 5 rings (SSSR count). The van der Waals surface area contributed by atoms with Crippen LogP contribution < -0.4 is 5.32 Å². The first-order chi connectivity index (χ1) is 15.9. The molecule has 0 bridgehead atoms. The van der Waals surface area contributed by atoms with E-state index in [2.05, 4.69) is 11.4 Å². The Morgan fingerprint density at radius 1 is 1.15 bits per heavy atom. The van der Waals surface area contributed by atoms with Gasteiger partial charge in [-0.15, -0.1) is 0 Å². The maximum atomic E-state index is 13.3. The summed E-state index contributed by atoms with van der Waals surface area (Å²) in [5.41, 5.74) is 0.425. The lowest BCUT2D eigenvalue weighted by molar-refractivity contribution is -0.131. The number of hydrogen-bond donors (Lipinski definition) is 1. The Labute approximate surface area is 189 Å². The van der Waals surface area contributed by atoms with Crippen LogP contribution in [0.15, 0.2) is 65.2 Å². The minimum atomic E-state index is -1.41. The number of fused-ring (bicyclic) bond motifs is 2. The summed E-state index contributed by atoms with van der Waals surface area (Å²) in [7, 11) is 0. The number of para-hydroxylation sites is 2. The number of hydrogen-bond acceptors (Lipinski definition) is 5. The largest absolute Gasteiger partial charge is 0.458 e. The van der Waals surface area contributed by atoms with Crippen LogP contribution in [0.1, 0.15) is 29.5 Å². The molecule has 4 aromatic rings. The summed E-state index contributed by atoms with van der Waals surface area (Å²) >= 11 is 0. The van der Waals surface area contributed by atoms with Crippen molar-refractivity contribution in [2.45, 2.75) is 25.4 Å². The van der Waals surface area contributed by atoms with Crippen LogP contribution in [0, 0.1) is 11.3 Å².